The fourth-order valence-corrected chi connectivity index (χ4v) is 2.54. The molecule has 0 fully saturated rings. The predicted octanol–water partition coefficient (Wildman–Crippen LogP) is 1.56. The van der Waals surface area contributed by atoms with Crippen LogP contribution in [0.2, 0.25) is 5.02 Å². The van der Waals surface area contributed by atoms with E-state index in [1.165, 1.54) is 0 Å². The van der Waals surface area contributed by atoms with E-state index in [-0.39, 0.29) is 23.7 Å². The van der Waals surface area contributed by atoms with Gasteiger partial charge in [-0.25, -0.2) is 9.59 Å². The topological polar surface area (TPSA) is 123 Å². The summed E-state index contributed by atoms with van der Waals surface area (Å²) in [6, 6.07) is 3.82. The lowest BCUT2D eigenvalue weighted by molar-refractivity contribution is -0.142. The van der Waals surface area contributed by atoms with Crippen molar-refractivity contribution in [3.63, 3.8) is 0 Å². The number of aryl methyl sites for hydroxylation is 1. The Kier molecular flexibility index (Phi) is 8.90. The average Bonchev–Trinajstić information content (AvgIpc) is 2.61. The maximum atomic E-state index is 12.5. The highest BCUT2D eigenvalue weighted by molar-refractivity contribution is 6.34. The van der Waals surface area contributed by atoms with Crippen molar-refractivity contribution in [2.75, 3.05) is 20.2 Å². The summed E-state index contributed by atoms with van der Waals surface area (Å²) in [4.78, 5) is 48.0. The predicted molar refractivity (Wildman–Crippen MR) is 107 cm³/mol. The maximum Gasteiger partial charge on any atom is 0.408 e. The van der Waals surface area contributed by atoms with Gasteiger partial charge in [-0.3, -0.25) is 9.59 Å². The van der Waals surface area contributed by atoms with Crippen LogP contribution in [0.3, 0.4) is 0 Å². The van der Waals surface area contributed by atoms with Crippen molar-refractivity contribution < 1.29 is 28.7 Å². The van der Waals surface area contributed by atoms with Gasteiger partial charge in [0, 0.05) is 6.54 Å². The third-order valence-electron chi connectivity index (χ3n) is 3.54. The van der Waals surface area contributed by atoms with Crippen molar-refractivity contribution in [3.8, 4) is 0 Å². The highest BCUT2D eigenvalue weighted by atomic mass is 35.5. The van der Waals surface area contributed by atoms with Gasteiger partial charge in [-0.15, -0.1) is 0 Å². The smallest absolute Gasteiger partial charge is 0.408 e. The van der Waals surface area contributed by atoms with E-state index < -0.39 is 35.5 Å². The molecule has 0 bridgehead atoms. The van der Waals surface area contributed by atoms with Gasteiger partial charge in [0.15, 0.2) is 0 Å². The van der Waals surface area contributed by atoms with Gasteiger partial charge in [-0.05, 0) is 39.3 Å². The number of methoxy groups -OCH3 is 1. The zero-order valence-electron chi connectivity index (χ0n) is 17.1. The van der Waals surface area contributed by atoms with Crippen LogP contribution in [-0.2, 0) is 19.1 Å². The van der Waals surface area contributed by atoms with Crippen molar-refractivity contribution in [2.24, 2.45) is 0 Å². The summed E-state index contributed by atoms with van der Waals surface area (Å²) in [6.07, 6.45) is -0.750. The summed E-state index contributed by atoms with van der Waals surface area (Å²) < 4.78 is 9.69. The van der Waals surface area contributed by atoms with Crippen LogP contribution in [-0.4, -0.2) is 55.7 Å². The van der Waals surface area contributed by atoms with E-state index in [1.807, 2.05) is 0 Å². The Balaban J connectivity index is 2.66. The van der Waals surface area contributed by atoms with E-state index in [4.69, 9.17) is 16.3 Å². The molecule has 1 atom stereocenters. The normalized spacial score (nSPS) is 11.8. The summed E-state index contributed by atoms with van der Waals surface area (Å²) in [7, 11) is 1.16. The van der Waals surface area contributed by atoms with E-state index in [9.17, 15) is 19.2 Å². The molecule has 0 unspecified atom stereocenters. The number of amides is 3. The molecule has 3 N–H and O–H groups in total. The Morgan fingerprint density at radius 3 is 2.34 bits per heavy atom. The standard InChI is InChI=1S/C19H26ClN3O6/c1-11-7-6-8-12(20)15(11)16(25)23-13(17(26)28-5)9-21-14(24)10-22-18(27)29-19(2,3)4/h6-8,13H,9-10H2,1-5H3,(H,21,24)(H,22,27)(H,23,25)/t13-/m0/s1. The van der Waals surface area contributed by atoms with Crippen molar-refractivity contribution in [1.29, 1.82) is 0 Å². The third-order valence-corrected chi connectivity index (χ3v) is 3.85. The minimum absolute atomic E-state index is 0.223. The first kappa shape index (κ1) is 24.2. The SMILES string of the molecule is COC(=O)[C@H](CNC(=O)CNC(=O)OC(C)(C)C)NC(=O)c1c(C)cccc1Cl. The average molecular weight is 428 g/mol. The molecule has 0 aliphatic carbocycles. The first-order valence-electron chi connectivity index (χ1n) is 8.82. The molecule has 0 heterocycles. The number of ether oxygens (including phenoxy) is 2. The molecular formula is C19H26ClN3O6. The summed E-state index contributed by atoms with van der Waals surface area (Å²) >= 11 is 6.07. The minimum atomic E-state index is -1.14. The monoisotopic (exact) mass is 427 g/mol. The summed E-state index contributed by atoms with van der Waals surface area (Å²) in [6.45, 7) is 6.18. The lowest BCUT2D eigenvalue weighted by Crippen LogP contribution is -2.50. The number of carbonyl (C=O) groups is 4. The highest BCUT2D eigenvalue weighted by Crippen LogP contribution is 2.19. The van der Waals surface area contributed by atoms with Crippen LogP contribution < -0.4 is 16.0 Å². The number of hydrogen-bond acceptors (Lipinski definition) is 6. The van der Waals surface area contributed by atoms with Crippen LogP contribution in [0.4, 0.5) is 4.79 Å². The quantitative estimate of drug-likeness (QED) is 0.567. The molecule has 0 saturated carbocycles. The molecule has 1 aromatic rings. The Morgan fingerprint density at radius 1 is 1.14 bits per heavy atom. The molecule has 1 rings (SSSR count). The molecule has 160 valence electrons. The van der Waals surface area contributed by atoms with Crippen LogP contribution in [0.1, 0.15) is 36.7 Å². The molecule has 9 nitrogen and oxygen atoms in total. The molecule has 0 aliphatic rings. The Morgan fingerprint density at radius 2 is 1.79 bits per heavy atom. The molecule has 29 heavy (non-hydrogen) atoms. The summed E-state index contributed by atoms with van der Waals surface area (Å²) in [5.41, 5.74) is 0.155. The number of alkyl carbamates (subject to hydrolysis) is 1. The largest absolute Gasteiger partial charge is 0.467 e. The van der Waals surface area contributed by atoms with Crippen molar-refractivity contribution in [3.05, 3.63) is 34.3 Å². The molecule has 0 aliphatic heterocycles. The number of hydrogen-bond donors (Lipinski definition) is 3. The second-order valence-electron chi connectivity index (χ2n) is 7.14. The Hall–Kier alpha value is -2.81. The molecule has 3 amide bonds. The van der Waals surface area contributed by atoms with E-state index in [0.29, 0.717) is 5.56 Å². The summed E-state index contributed by atoms with van der Waals surface area (Å²) in [5, 5.41) is 7.46. The molecule has 0 radical (unpaired) electrons. The second-order valence-corrected chi connectivity index (χ2v) is 7.55. The molecule has 0 spiro atoms. The van der Waals surface area contributed by atoms with Crippen LogP contribution in [0.25, 0.3) is 0 Å². The van der Waals surface area contributed by atoms with Gasteiger partial charge in [0.05, 0.1) is 24.2 Å². The molecule has 0 aromatic heterocycles. The number of carbonyl (C=O) groups excluding carboxylic acids is 4. The van der Waals surface area contributed by atoms with Crippen molar-refractivity contribution >= 4 is 35.5 Å². The van der Waals surface area contributed by atoms with Gasteiger partial charge < -0.3 is 25.4 Å². The Labute approximate surface area is 174 Å². The fraction of sp³-hybridized carbons (Fsp3) is 0.474. The molecule has 0 saturated heterocycles. The number of esters is 1. The lowest BCUT2D eigenvalue weighted by atomic mass is 10.1. The van der Waals surface area contributed by atoms with Gasteiger partial charge in [0.25, 0.3) is 5.91 Å². The summed E-state index contributed by atoms with van der Waals surface area (Å²) in [5.74, 6) is -1.90. The van der Waals surface area contributed by atoms with Crippen LogP contribution in [0.15, 0.2) is 18.2 Å². The maximum absolute atomic E-state index is 12.5. The minimum Gasteiger partial charge on any atom is -0.467 e. The zero-order chi connectivity index (χ0) is 22.2. The van der Waals surface area contributed by atoms with Gasteiger partial charge in [0.2, 0.25) is 5.91 Å². The first-order valence-corrected chi connectivity index (χ1v) is 9.19. The van der Waals surface area contributed by atoms with Crippen molar-refractivity contribution in [1.82, 2.24) is 16.0 Å². The van der Waals surface area contributed by atoms with Crippen molar-refractivity contribution in [2.45, 2.75) is 39.3 Å². The van der Waals surface area contributed by atoms with Crippen LogP contribution in [0, 0.1) is 6.92 Å². The van der Waals surface area contributed by atoms with E-state index in [2.05, 4.69) is 20.7 Å². The lowest BCUT2D eigenvalue weighted by Gasteiger charge is -2.20. The molecular weight excluding hydrogens is 402 g/mol. The van der Waals surface area contributed by atoms with Gasteiger partial charge in [-0.1, -0.05) is 23.7 Å². The molecule has 10 heteroatoms. The van der Waals surface area contributed by atoms with Gasteiger partial charge >= 0.3 is 12.1 Å². The molecule has 1 aromatic carbocycles. The van der Waals surface area contributed by atoms with E-state index in [0.717, 1.165) is 7.11 Å². The van der Waals surface area contributed by atoms with Crippen LogP contribution >= 0.6 is 11.6 Å². The van der Waals surface area contributed by atoms with Crippen LogP contribution in [0.5, 0.6) is 0 Å². The highest BCUT2D eigenvalue weighted by Gasteiger charge is 2.25. The zero-order valence-corrected chi connectivity index (χ0v) is 17.8. The van der Waals surface area contributed by atoms with Gasteiger partial charge in [0.1, 0.15) is 11.6 Å². The number of rotatable bonds is 7. The fourth-order valence-electron chi connectivity index (χ4n) is 2.23. The van der Waals surface area contributed by atoms with Gasteiger partial charge in [-0.2, -0.15) is 0 Å². The van der Waals surface area contributed by atoms with E-state index in [1.54, 1.807) is 45.9 Å². The second kappa shape index (κ2) is 10.7. The number of halogens is 1. The first-order chi connectivity index (χ1) is 13.4. The number of nitrogens with one attached hydrogen (secondary N) is 3. The third kappa shape index (κ3) is 8.39. The van der Waals surface area contributed by atoms with E-state index >= 15 is 0 Å². The Bertz CT molecular complexity index is 755. The number of benzene rings is 1.